The van der Waals surface area contributed by atoms with Crippen LogP contribution in [0.2, 0.25) is 0 Å². The summed E-state index contributed by atoms with van der Waals surface area (Å²) in [6.07, 6.45) is 4.61. The van der Waals surface area contributed by atoms with Gasteiger partial charge < -0.3 is 130 Å². The lowest BCUT2D eigenvalue weighted by Crippen LogP contribution is -2.61. The van der Waals surface area contributed by atoms with Gasteiger partial charge in [0.25, 0.3) is 0 Å². The number of likely N-dealkylation sites (tertiary alicyclic amines) is 1. The van der Waals surface area contributed by atoms with Crippen LogP contribution in [0.3, 0.4) is 0 Å². The van der Waals surface area contributed by atoms with Gasteiger partial charge in [-0.15, -0.1) is 0 Å². The van der Waals surface area contributed by atoms with Crippen molar-refractivity contribution in [1.82, 2.24) is 63.4 Å². The molecule has 12 amide bonds. The Morgan fingerprint density at radius 1 is 0.393 bits per heavy atom. The number of phenolic OH excluding ortho intramolecular Hbond substituents is 3. The molecule has 38 nitrogen and oxygen atoms in total. The fourth-order valence-electron chi connectivity index (χ4n) is 13.8. The summed E-state index contributed by atoms with van der Waals surface area (Å²) >= 11 is 4.35. The summed E-state index contributed by atoms with van der Waals surface area (Å²) in [6, 6.07) is -0.359. The van der Waals surface area contributed by atoms with Gasteiger partial charge in [0, 0.05) is 38.1 Å². The molecule has 0 spiro atoms. The van der Waals surface area contributed by atoms with Crippen molar-refractivity contribution < 1.29 is 82.8 Å². The Balaban J connectivity index is 1.70. The van der Waals surface area contributed by atoms with Crippen molar-refractivity contribution in [3.05, 3.63) is 89.5 Å². The van der Waals surface area contributed by atoms with Gasteiger partial charge >= 0.3 is 5.97 Å². The molecule has 0 bridgehead atoms. The average Bonchev–Trinajstić information content (AvgIpc) is 1.45. The highest BCUT2D eigenvalue weighted by Crippen LogP contribution is 2.23. The average molecular weight is 1730 g/mol. The Kier molecular flexibility index (Phi) is 47.9. The number of benzene rings is 3. The van der Waals surface area contributed by atoms with E-state index in [1.807, 2.05) is 0 Å². The molecule has 1 heterocycles. The molecule has 13 unspecified atom stereocenters. The van der Waals surface area contributed by atoms with Crippen LogP contribution in [0.15, 0.2) is 77.8 Å². The fourth-order valence-corrected chi connectivity index (χ4v) is 14.0. The topological polar surface area (TPSA) is 659 Å². The number of nitrogens with zero attached hydrogens (tertiary/aromatic N) is 2. The van der Waals surface area contributed by atoms with E-state index in [-0.39, 0.29) is 157 Å². The number of nitrogens with one attached hydrogen (secondary N) is 11. The number of carboxylic acids is 1. The molecule has 122 heavy (non-hydrogen) atoms. The number of unbranched alkanes of at least 4 members (excludes halogenated alkanes) is 5. The van der Waals surface area contributed by atoms with Gasteiger partial charge in [-0.25, -0.2) is 4.79 Å². The molecule has 39 heteroatoms. The Hall–Kier alpha value is -10.4. The molecule has 13 atom stereocenters. The number of phenols is 3. The molecule has 1 fully saturated rings. The van der Waals surface area contributed by atoms with Gasteiger partial charge in [-0.1, -0.05) is 70.5 Å². The van der Waals surface area contributed by atoms with E-state index in [1.165, 1.54) is 77.7 Å². The minimum absolute atomic E-state index is 0.0143. The first-order valence-electron chi connectivity index (χ1n) is 42.3. The van der Waals surface area contributed by atoms with Crippen LogP contribution in [0.4, 0.5) is 0 Å². The number of aliphatic carboxylic acids is 1. The lowest BCUT2D eigenvalue weighted by molar-refractivity contribution is -0.143. The van der Waals surface area contributed by atoms with Crippen molar-refractivity contribution in [2.45, 2.75) is 260 Å². The molecule has 3 aromatic carbocycles. The molecular formula is C83H135N21O17S. The fraction of sp³-hybridized carbons (Fsp3) is 0.614. The zero-order valence-corrected chi connectivity index (χ0v) is 71.7. The number of aliphatic imine (C=N–C) groups is 1. The maximum atomic E-state index is 15.3. The molecule has 1 aliphatic rings. The van der Waals surface area contributed by atoms with Crippen LogP contribution in [-0.2, 0) is 81.6 Å². The number of thiol groups is 1. The molecule has 1 aliphatic heterocycles. The molecule has 3 aromatic rings. The normalized spacial score (nSPS) is 15.5. The summed E-state index contributed by atoms with van der Waals surface area (Å²) in [5, 5.41) is 70.8. The molecule has 4 rings (SSSR count). The van der Waals surface area contributed by atoms with Crippen molar-refractivity contribution >= 4 is 95.4 Å². The highest BCUT2D eigenvalue weighted by atomic mass is 32.1. The van der Waals surface area contributed by atoms with Crippen LogP contribution >= 0.6 is 12.6 Å². The van der Waals surface area contributed by atoms with E-state index < -0.39 is 155 Å². The lowest BCUT2D eigenvalue weighted by atomic mass is 9.99. The van der Waals surface area contributed by atoms with E-state index in [1.54, 1.807) is 27.7 Å². The first-order valence-corrected chi connectivity index (χ1v) is 42.9. The highest BCUT2D eigenvalue weighted by molar-refractivity contribution is 7.80. The van der Waals surface area contributed by atoms with Crippen LogP contribution < -0.4 is 104 Å². The van der Waals surface area contributed by atoms with Gasteiger partial charge in [-0.2, -0.15) is 12.6 Å². The van der Waals surface area contributed by atoms with Crippen LogP contribution in [0.25, 0.3) is 0 Å². The van der Waals surface area contributed by atoms with Crippen LogP contribution in [0.1, 0.15) is 179 Å². The van der Waals surface area contributed by atoms with Crippen LogP contribution in [-0.4, -0.2) is 238 Å². The standard InChI is InChI=1S/C83H135N21O17S/c1-49(2)43-63(74(112)96-61(20-8-13-39-87)81(119)104-42-16-23-69(104)80(118)102-64(44-50(3)4)75(113)103-68(48-122)79(117)95-59(19-7-12-38-86)71(109)97-62(82(120)121)21-9-14-40-88)98-77(115)67(47-53-28-34-56(107)35-29-53)101-78(116)66(46-52-26-32-55(106)33-27-52)100-73(111)60(22-15-41-92-83(90)91)94-76(114)65(45-51-24-30-54(105)31-25-51)99-72(110)58(18-6-11-37-85)93-70(108)57(89)17-5-10-36-84/h24-35,49-50,57-69,105-107,122H,5-23,36-48,84-89H2,1-4H3,(H,93,108)(H,94,114)(H,95,117)(H,96,112)(H,97,109)(H,98,115)(H,99,110)(H,100,111)(H,101,116)(H,102,118)(H,103,113)(H,120,121)(H4,90,91,92). The van der Waals surface area contributed by atoms with E-state index in [0.717, 1.165) is 0 Å². The summed E-state index contributed by atoms with van der Waals surface area (Å²) in [4.78, 5) is 193. The van der Waals surface area contributed by atoms with Gasteiger partial charge in [-0.3, -0.25) is 62.5 Å². The maximum Gasteiger partial charge on any atom is 0.326 e. The zero-order chi connectivity index (χ0) is 90.4. The second kappa shape index (κ2) is 56.3. The predicted molar refractivity (Wildman–Crippen MR) is 464 cm³/mol. The smallest absolute Gasteiger partial charge is 0.326 e. The number of rotatable bonds is 59. The Morgan fingerprint density at radius 3 is 1.06 bits per heavy atom. The predicted octanol–water partition coefficient (Wildman–Crippen LogP) is -1.71. The summed E-state index contributed by atoms with van der Waals surface area (Å²) in [7, 11) is 0. The van der Waals surface area contributed by atoms with Gasteiger partial charge in [0.1, 0.15) is 89.8 Å². The number of hydrogen-bond acceptors (Lipinski definition) is 24. The molecule has 0 aliphatic carbocycles. The maximum absolute atomic E-state index is 15.3. The number of carbonyl (C=O) groups excluding carboxylic acids is 12. The number of nitrogens with two attached hydrogens (primary N) is 8. The number of carboxylic acid groups (broad SMARTS) is 1. The van der Waals surface area contributed by atoms with Gasteiger partial charge in [0.2, 0.25) is 70.9 Å². The van der Waals surface area contributed by atoms with E-state index in [9.17, 15) is 58.8 Å². The monoisotopic (exact) mass is 1730 g/mol. The van der Waals surface area contributed by atoms with Gasteiger partial charge in [0.05, 0.1) is 6.04 Å². The van der Waals surface area contributed by atoms with Gasteiger partial charge in [-0.05, 0) is 226 Å². The first kappa shape index (κ1) is 104. The van der Waals surface area contributed by atoms with E-state index in [2.05, 4.69) is 76.1 Å². The summed E-state index contributed by atoms with van der Waals surface area (Å²) in [5.41, 5.74) is 47.6. The lowest BCUT2D eigenvalue weighted by Gasteiger charge is -2.31. The van der Waals surface area contributed by atoms with Crippen molar-refractivity contribution in [2.75, 3.05) is 51.6 Å². The summed E-state index contributed by atoms with van der Waals surface area (Å²) < 4.78 is 0. The third kappa shape index (κ3) is 38.3. The Labute approximate surface area is 719 Å². The van der Waals surface area contributed by atoms with Crippen LogP contribution in [0, 0.1) is 11.8 Å². The third-order valence-corrected chi connectivity index (χ3v) is 20.9. The van der Waals surface area contributed by atoms with Crippen molar-refractivity contribution in [2.24, 2.45) is 62.7 Å². The number of amides is 12. The van der Waals surface area contributed by atoms with E-state index in [4.69, 9.17) is 45.9 Å². The minimum atomic E-state index is -1.61. The Morgan fingerprint density at radius 2 is 0.689 bits per heavy atom. The SMILES string of the molecule is CC(C)CC(NC(=O)C(Cc1ccc(O)cc1)NC(=O)C(Cc1ccc(O)cc1)NC(=O)C(CCCN=C(N)N)NC(=O)C(Cc1ccc(O)cc1)NC(=O)C(CCCCN)NC(=O)C(N)CCCCN)C(=O)NC(CCCCN)C(=O)N1CCCC1C(=O)NC(CC(C)C)C(=O)NC(CS)C(=O)NC(CCCCN)C(=O)NC(CCCCN)C(=O)O. The molecular weight excluding hydrogens is 1600 g/mol. The van der Waals surface area contributed by atoms with Crippen molar-refractivity contribution in [1.29, 1.82) is 0 Å². The third-order valence-electron chi connectivity index (χ3n) is 20.5. The highest BCUT2D eigenvalue weighted by Gasteiger charge is 2.42. The molecule has 0 aromatic heterocycles. The van der Waals surface area contributed by atoms with Crippen molar-refractivity contribution in [3.63, 3.8) is 0 Å². The number of guanidine groups is 1. The van der Waals surface area contributed by atoms with E-state index in [0.29, 0.717) is 100 Å². The molecule has 0 saturated carbocycles. The summed E-state index contributed by atoms with van der Waals surface area (Å²) in [5.74, 6) is -12.5. The van der Waals surface area contributed by atoms with Crippen LogP contribution in [0.5, 0.6) is 17.2 Å². The summed E-state index contributed by atoms with van der Waals surface area (Å²) in [6.45, 7) is 8.63. The Bertz CT molecular complexity index is 3830. The second-order valence-electron chi connectivity index (χ2n) is 31.7. The first-order chi connectivity index (χ1) is 58.1. The van der Waals surface area contributed by atoms with Crippen molar-refractivity contribution in [3.8, 4) is 17.2 Å². The molecule has 680 valence electrons. The van der Waals surface area contributed by atoms with Gasteiger partial charge in [0.15, 0.2) is 5.96 Å². The molecule has 0 radical (unpaired) electrons. The zero-order valence-electron chi connectivity index (χ0n) is 70.8. The molecule has 1 saturated heterocycles. The second-order valence-corrected chi connectivity index (χ2v) is 32.1. The largest absolute Gasteiger partial charge is 0.508 e. The quantitative estimate of drug-likeness (QED) is 0.0129. The minimum Gasteiger partial charge on any atom is -0.508 e. The number of hydrogen-bond donors (Lipinski definition) is 24. The number of aromatic hydroxyl groups is 3. The van der Waals surface area contributed by atoms with E-state index >= 15 is 24.0 Å². The number of carbonyl (C=O) groups is 13. The molecule has 31 N–H and O–H groups in total.